The van der Waals surface area contributed by atoms with Gasteiger partial charge in [-0.05, 0) is 56.9 Å². The Balaban J connectivity index is 1.47. The first-order valence-electron chi connectivity index (χ1n) is 11.3. The summed E-state index contributed by atoms with van der Waals surface area (Å²) in [5.74, 6) is 0.494. The number of amides is 1. The van der Waals surface area contributed by atoms with Crippen LogP contribution in [-0.4, -0.2) is 44.1 Å². The van der Waals surface area contributed by atoms with E-state index in [0.29, 0.717) is 30.2 Å². The summed E-state index contributed by atoms with van der Waals surface area (Å²) in [6.07, 6.45) is 0.106. The van der Waals surface area contributed by atoms with Gasteiger partial charge in [0.05, 0.1) is 23.5 Å². The quantitative estimate of drug-likeness (QED) is 0.524. The van der Waals surface area contributed by atoms with Crippen LogP contribution < -0.4 is 5.32 Å². The van der Waals surface area contributed by atoms with Crippen LogP contribution in [0.4, 0.5) is 19.1 Å². The van der Waals surface area contributed by atoms with Crippen molar-refractivity contribution in [1.82, 2.24) is 25.1 Å². The Morgan fingerprint density at radius 2 is 1.85 bits per heavy atom. The molecule has 0 radical (unpaired) electrons. The largest absolute Gasteiger partial charge is 0.416 e. The highest BCUT2D eigenvalue weighted by Gasteiger charge is 2.32. The molecule has 0 bridgehead atoms. The summed E-state index contributed by atoms with van der Waals surface area (Å²) >= 11 is 0. The van der Waals surface area contributed by atoms with Crippen LogP contribution in [0.1, 0.15) is 54.4 Å². The summed E-state index contributed by atoms with van der Waals surface area (Å²) in [4.78, 5) is 23.6. The van der Waals surface area contributed by atoms with Gasteiger partial charge in [-0.2, -0.15) is 18.3 Å². The third kappa shape index (κ3) is 5.37. The second-order valence-corrected chi connectivity index (χ2v) is 8.52. The Bertz CT molecular complexity index is 1120. The summed E-state index contributed by atoms with van der Waals surface area (Å²) in [6, 6.07) is 6.69. The minimum Gasteiger partial charge on any atom is -0.354 e. The third-order valence-electron chi connectivity index (χ3n) is 5.95. The van der Waals surface area contributed by atoms with Gasteiger partial charge in [-0.15, -0.1) is 0 Å². The van der Waals surface area contributed by atoms with E-state index in [1.54, 1.807) is 6.20 Å². The molecule has 0 aliphatic carbocycles. The summed E-state index contributed by atoms with van der Waals surface area (Å²) in [7, 11) is 0. The SMILES string of the molecule is Cc1cc(C)nc(NCCC(=O)N2CCCC[C@H]2c2[nH]ncc2-c2ccc(C(F)(F)F)cc2)n1. The van der Waals surface area contributed by atoms with Gasteiger partial charge in [0, 0.05) is 36.5 Å². The Morgan fingerprint density at radius 3 is 2.53 bits per heavy atom. The van der Waals surface area contributed by atoms with E-state index in [4.69, 9.17) is 0 Å². The van der Waals surface area contributed by atoms with Crippen molar-refractivity contribution in [1.29, 1.82) is 0 Å². The average molecular weight is 473 g/mol. The number of piperidine rings is 1. The molecule has 2 aromatic heterocycles. The van der Waals surface area contributed by atoms with E-state index in [-0.39, 0.29) is 18.4 Å². The van der Waals surface area contributed by atoms with Gasteiger partial charge in [-0.3, -0.25) is 9.89 Å². The van der Waals surface area contributed by atoms with Crippen molar-refractivity contribution in [2.45, 2.75) is 51.7 Å². The molecule has 1 atom stereocenters. The number of anilines is 1. The first-order chi connectivity index (χ1) is 16.2. The Hall–Kier alpha value is -3.43. The van der Waals surface area contributed by atoms with Gasteiger partial charge in [0.15, 0.2) is 0 Å². The van der Waals surface area contributed by atoms with Gasteiger partial charge < -0.3 is 10.2 Å². The van der Waals surface area contributed by atoms with Crippen LogP contribution in [0.2, 0.25) is 0 Å². The first-order valence-corrected chi connectivity index (χ1v) is 11.3. The van der Waals surface area contributed by atoms with Gasteiger partial charge in [-0.1, -0.05) is 12.1 Å². The number of hydrogen-bond acceptors (Lipinski definition) is 5. The van der Waals surface area contributed by atoms with Crippen molar-refractivity contribution >= 4 is 11.9 Å². The number of aryl methyl sites for hydroxylation is 2. The smallest absolute Gasteiger partial charge is 0.354 e. The number of nitrogens with one attached hydrogen (secondary N) is 2. The van der Waals surface area contributed by atoms with Gasteiger partial charge in [0.2, 0.25) is 11.9 Å². The lowest BCUT2D eigenvalue weighted by atomic mass is 9.94. The Morgan fingerprint density at radius 1 is 1.15 bits per heavy atom. The molecule has 34 heavy (non-hydrogen) atoms. The highest BCUT2D eigenvalue weighted by molar-refractivity contribution is 5.78. The number of benzene rings is 1. The lowest BCUT2D eigenvalue weighted by Gasteiger charge is -2.36. The van der Waals surface area contributed by atoms with Gasteiger partial charge in [0.1, 0.15) is 0 Å². The lowest BCUT2D eigenvalue weighted by Crippen LogP contribution is -2.39. The summed E-state index contributed by atoms with van der Waals surface area (Å²) in [5.41, 5.74) is 3.10. The number of aromatic nitrogens is 4. The number of aromatic amines is 1. The van der Waals surface area contributed by atoms with Crippen LogP contribution in [0.15, 0.2) is 36.5 Å². The molecule has 4 rings (SSSR count). The fourth-order valence-electron chi connectivity index (χ4n) is 4.38. The van der Waals surface area contributed by atoms with Crippen molar-refractivity contribution in [2.75, 3.05) is 18.4 Å². The van der Waals surface area contributed by atoms with Crippen molar-refractivity contribution in [3.05, 3.63) is 59.2 Å². The van der Waals surface area contributed by atoms with Gasteiger partial charge in [-0.25, -0.2) is 9.97 Å². The normalized spacial score (nSPS) is 16.5. The van der Waals surface area contributed by atoms with Crippen LogP contribution >= 0.6 is 0 Å². The number of halogens is 3. The Labute approximate surface area is 195 Å². The Kier molecular flexibility index (Phi) is 6.85. The number of carbonyl (C=O) groups excluding carboxylic acids is 1. The molecule has 1 aliphatic rings. The fraction of sp³-hybridized carbons (Fsp3) is 0.417. The molecule has 10 heteroatoms. The maximum Gasteiger partial charge on any atom is 0.416 e. The van der Waals surface area contributed by atoms with E-state index in [9.17, 15) is 18.0 Å². The number of rotatable bonds is 6. The minimum absolute atomic E-state index is 0.00505. The second-order valence-electron chi connectivity index (χ2n) is 8.52. The van der Waals surface area contributed by atoms with Crippen LogP contribution in [0, 0.1) is 13.8 Å². The predicted molar refractivity (Wildman–Crippen MR) is 122 cm³/mol. The predicted octanol–water partition coefficient (Wildman–Crippen LogP) is 5.06. The molecule has 1 fully saturated rings. The topological polar surface area (TPSA) is 86.8 Å². The number of hydrogen-bond donors (Lipinski definition) is 2. The zero-order valence-corrected chi connectivity index (χ0v) is 19.1. The number of H-pyrrole nitrogens is 1. The second kappa shape index (κ2) is 9.82. The molecule has 1 saturated heterocycles. The third-order valence-corrected chi connectivity index (χ3v) is 5.95. The molecule has 7 nitrogen and oxygen atoms in total. The van der Waals surface area contributed by atoms with E-state index < -0.39 is 11.7 Å². The van der Waals surface area contributed by atoms with E-state index in [1.165, 1.54) is 12.1 Å². The minimum atomic E-state index is -4.39. The molecular weight excluding hydrogens is 445 g/mol. The molecule has 3 aromatic rings. The molecule has 180 valence electrons. The van der Waals surface area contributed by atoms with E-state index in [0.717, 1.165) is 48.5 Å². The summed E-state index contributed by atoms with van der Waals surface area (Å²) in [5, 5.41) is 10.3. The van der Waals surface area contributed by atoms with Crippen LogP contribution in [0.5, 0.6) is 0 Å². The molecule has 0 unspecified atom stereocenters. The lowest BCUT2D eigenvalue weighted by molar-refractivity contribution is -0.137. The number of likely N-dealkylation sites (tertiary alicyclic amines) is 1. The number of carbonyl (C=O) groups is 1. The van der Waals surface area contributed by atoms with E-state index >= 15 is 0 Å². The van der Waals surface area contributed by atoms with Crippen molar-refractivity contribution in [2.24, 2.45) is 0 Å². The highest BCUT2D eigenvalue weighted by atomic mass is 19.4. The molecule has 3 heterocycles. The monoisotopic (exact) mass is 472 g/mol. The fourth-order valence-corrected chi connectivity index (χ4v) is 4.38. The van der Waals surface area contributed by atoms with Crippen molar-refractivity contribution in [3.63, 3.8) is 0 Å². The summed E-state index contributed by atoms with van der Waals surface area (Å²) in [6.45, 7) is 4.80. The van der Waals surface area contributed by atoms with Crippen molar-refractivity contribution < 1.29 is 18.0 Å². The van der Waals surface area contributed by atoms with Crippen LogP contribution in [-0.2, 0) is 11.0 Å². The van der Waals surface area contributed by atoms with E-state index in [1.807, 2.05) is 24.8 Å². The van der Waals surface area contributed by atoms with Crippen LogP contribution in [0.3, 0.4) is 0 Å². The standard InChI is InChI=1S/C24H27F3N6O/c1-15-13-16(2)31-23(30-15)28-11-10-21(34)33-12-4-3-5-20(33)22-19(14-29-32-22)17-6-8-18(9-7-17)24(25,26)27/h6-9,13-14,20H,3-5,10-12H2,1-2H3,(H,29,32)(H,28,30,31)/t20-/m0/s1. The molecule has 2 N–H and O–H groups in total. The van der Waals surface area contributed by atoms with Crippen molar-refractivity contribution in [3.8, 4) is 11.1 Å². The number of nitrogens with zero attached hydrogens (tertiary/aromatic N) is 4. The molecule has 1 amide bonds. The first kappa shape index (κ1) is 23.7. The molecule has 0 saturated carbocycles. The van der Waals surface area contributed by atoms with Gasteiger partial charge in [0.25, 0.3) is 0 Å². The zero-order valence-electron chi connectivity index (χ0n) is 19.1. The molecule has 0 spiro atoms. The summed E-state index contributed by atoms with van der Waals surface area (Å²) < 4.78 is 38.8. The van der Waals surface area contributed by atoms with Crippen LogP contribution in [0.25, 0.3) is 11.1 Å². The number of alkyl halides is 3. The maximum atomic E-state index is 13.1. The molecule has 1 aliphatic heterocycles. The highest BCUT2D eigenvalue weighted by Crippen LogP contribution is 2.37. The van der Waals surface area contributed by atoms with E-state index in [2.05, 4.69) is 25.5 Å². The molecular formula is C24H27F3N6O. The average Bonchev–Trinajstić information content (AvgIpc) is 3.28. The zero-order chi connectivity index (χ0) is 24.3. The maximum absolute atomic E-state index is 13.1. The molecule has 1 aromatic carbocycles. The van der Waals surface area contributed by atoms with Gasteiger partial charge >= 0.3 is 6.18 Å².